The van der Waals surface area contributed by atoms with Crippen molar-refractivity contribution in [2.75, 3.05) is 7.11 Å². The number of ketones is 1. The Hall–Kier alpha value is -1.58. The van der Waals surface area contributed by atoms with Crippen molar-refractivity contribution < 1.29 is 14.3 Å². The molecule has 0 spiro atoms. The number of H-pyrrole nitrogens is 1. The van der Waals surface area contributed by atoms with Crippen molar-refractivity contribution in [1.82, 2.24) is 4.98 Å². The van der Waals surface area contributed by atoms with E-state index >= 15 is 0 Å². The fourth-order valence-electron chi connectivity index (χ4n) is 2.05. The van der Waals surface area contributed by atoms with Gasteiger partial charge in [0.25, 0.3) is 0 Å². The Balaban J connectivity index is 2.12. The number of aromatic amines is 1. The number of hydrogen-bond acceptors (Lipinski definition) is 3. The van der Waals surface area contributed by atoms with E-state index in [4.69, 9.17) is 0 Å². The third-order valence-corrected chi connectivity index (χ3v) is 2.95. The van der Waals surface area contributed by atoms with Gasteiger partial charge < -0.3 is 9.72 Å². The van der Waals surface area contributed by atoms with Crippen LogP contribution in [0.4, 0.5) is 0 Å². The van der Waals surface area contributed by atoms with E-state index in [1.807, 2.05) is 6.07 Å². The fourth-order valence-corrected chi connectivity index (χ4v) is 2.05. The third-order valence-electron chi connectivity index (χ3n) is 2.95. The fraction of sp³-hybridized carbons (Fsp3) is 0.500. The van der Waals surface area contributed by atoms with E-state index in [0.29, 0.717) is 5.69 Å². The van der Waals surface area contributed by atoms with Gasteiger partial charge in [-0.3, -0.25) is 9.59 Å². The molecule has 4 nitrogen and oxygen atoms in total. The van der Waals surface area contributed by atoms with Crippen LogP contribution in [-0.2, 0) is 22.4 Å². The summed E-state index contributed by atoms with van der Waals surface area (Å²) in [4.78, 5) is 25.8. The quantitative estimate of drug-likeness (QED) is 0.479. The van der Waals surface area contributed by atoms with Crippen molar-refractivity contribution in [3.63, 3.8) is 0 Å². The second kappa shape index (κ2) is 4.51. The van der Waals surface area contributed by atoms with Gasteiger partial charge in [-0.05, 0) is 37.3 Å². The first-order valence-electron chi connectivity index (χ1n) is 5.51. The number of Topliss-reactive ketones (excluding diaryl/α,β-unsaturated/α-hetero) is 1. The molecule has 0 saturated heterocycles. The minimum absolute atomic E-state index is 0.185. The predicted octanol–water partition coefficient (Wildman–Crippen LogP) is 1.64. The van der Waals surface area contributed by atoms with Crippen molar-refractivity contribution in [2.45, 2.75) is 32.1 Å². The molecule has 1 aliphatic carbocycles. The predicted molar refractivity (Wildman–Crippen MR) is 58.4 cm³/mol. The highest BCUT2D eigenvalue weighted by atomic mass is 16.5. The van der Waals surface area contributed by atoms with Crippen molar-refractivity contribution >= 4 is 11.8 Å². The Labute approximate surface area is 94.0 Å². The number of aromatic nitrogens is 1. The van der Waals surface area contributed by atoms with Gasteiger partial charge >= 0.3 is 5.97 Å². The molecule has 0 bridgehead atoms. The molecule has 2 rings (SSSR count). The Bertz CT molecular complexity index is 396. The van der Waals surface area contributed by atoms with E-state index in [2.05, 4.69) is 9.72 Å². The molecule has 0 amide bonds. The van der Waals surface area contributed by atoms with Crippen LogP contribution < -0.4 is 0 Å². The van der Waals surface area contributed by atoms with Crippen LogP contribution in [0.25, 0.3) is 0 Å². The van der Waals surface area contributed by atoms with Crippen LogP contribution in [0, 0.1) is 0 Å². The first kappa shape index (κ1) is 10.9. The van der Waals surface area contributed by atoms with Crippen LogP contribution in [-0.4, -0.2) is 23.8 Å². The lowest BCUT2D eigenvalue weighted by Crippen LogP contribution is -2.09. The van der Waals surface area contributed by atoms with Crippen molar-refractivity contribution in [3.8, 4) is 0 Å². The molecule has 1 heterocycles. The number of ether oxygens (including phenoxy) is 1. The minimum atomic E-state index is -0.488. The van der Waals surface area contributed by atoms with Gasteiger partial charge in [0.1, 0.15) is 6.42 Å². The number of aryl methyl sites for hydroxylation is 2. The molecule has 4 heteroatoms. The molecule has 0 radical (unpaired) electrons. The Morgan fingerprint density at radius 3 is 2.81 bits per heavy atom. The van der Waals surface area contributed by atoms with Crippen molar-refractivity contribution in [3.05, 3.63) is 23.0 Å². The van der Waals surface area contributed by atoms with Gasteiger partial charge in [-0.2, -0.15) is 0 Å². The molecule has 0 atom stereocenters. The van der Waals surface area contributed by atoms with E-state index in [0.717, 1.165) is 25.0 Å². The normalized spacial score (nSPS) is 14.3. The first-order chi connectivity index (χ1) is 7.70. The van der Waals surface area contributed by atoms with E-state index < -0.39 is 5.97 Å². The first-order valence-corrected chi connectivity index (χ1v) is 5.51. The van der Waals surface area contributed by atoms with Gasteiger partial charge in [0.15, 0.2) is 5.78 Å². The average Bonchev–Trinajstić information content (AvgIpc) is 2.72. The summed E-state index contributed by atoms with van der Waals surface area (Å²) in [6, 6.07) is 1.87. The molecule has 0 aromatic carbocycles. The highest BCUT2D eigenvalue weighted by molar-refractivity contribution is 6.05. The SMILES string of the molecule is COC(=O)CC(=O)c1cc2c([nH]1)CCCC2. The number of fused-ring (bicyclic) bond motifs is 1. The second-order valence-electron chi connectivity index (χ2n) is 4.07. The maximum atomic E-state index is 11.7. The van der Waals surface area contributed by atoms with E-state index in [1.54, 1.807) is 0 Å². The van der Waals surface area contributed by atoms with Gasteiger partial charge in [0.2, 0.25) is 0 Å². The molecule has 1 aliphatic rings. The van der Waals surface area contributed by atoms with Crippen LogP contribution in [0.3, 0.4) is 0 Å². The summed E-state index contributed by atoms with van der Waals surface area (Å²) in [5.74, 6) is -0.682. The van der Waals surface area contributed by atoms with Crippen molar-refractivity contribution in [2.24, 2.45) is 0 Å². The van der Waals surface area contributed by atoms with Crippen LogP contribution in [0.1, 0.15) is 41.0 Å². The molecule has 0 aliphatic heterocycles. The summed E-state index contributed by atoms with van der Waals surface area (Å²) < 4.78 is 4.47. The number of carbonyl (C=O) groups is 2. The summed E-state index contributed by atoms with van der Waals surface area (Å²) in [5.41, 5.74) is 2.91. The largest absolute Gasteiger partial charge is 0.469 e. The molecular formula is C12H15NO3. The summed E-state index contributed by atoms with van der Waals surface area (Å²) in [6.07, 6.45) is 4.18. The van der Waals surface area contributed by atoms with E-state index in [9.17, 15) is 9.59 Å². The topological polar surface area (TPSA) is 59.2 Å². The Kier molecular flexibility index (Phi) is 3.08. The Morgan fingerprint density at radius 2 is 2.12 bits per heavy atom. The lowest BCUT2D eigenvalue weighted by molar-refractivity contribution is -0.139. The number of esters is 1. The highest BCUT2D eigenvalue weighted by Crippen LogP contribution is 2.22. The smallest absolute Gasteiger partial charge is 0.313 e. The highest BCUT2D eigenvalue weighted by Gasteiger charge is 2.18. The zero-order valence-electron chi connectivity index (χ0n) is 9.34. The van der Waals surface area contributed by atoms with Gasteiger partial charge in [-0.15, -0.1) is 0 Å². The molecule has 0 saturated carbocycles. The molecule has 1 N–H and O–H groups in total. The summed E-state index contributed by atoms with van der Waals surface area (Å²) in [7, 11) is 1.29. The number of carbonyl (C=O) groups excluding carboxylic acids is 2. The van der Waals surface area contributed by atoms with Crippen LogP contribution >= 0.6 is 0 Å². The molecule has 16 heavy (non-hydrogen) atoms. The lowest BCUT2D eigenvalue weighted by atomic mass is 9.98. The monoisotopic (exact) mass is 221 g/mol. The summed E-state index contributed by atoms with van der Waals surface area (Å²) in [6.45, 7) is 0. The number of rotatable bonds is 3. The van der Waals surface area contributed by atoms with Crippen LogP contribution in [0.5, 0.6) is 0 Å². The molecule has 1 aromatic heterocycles. The Morgan fingerprint density at radius 1 is 1.38 bits per heavy atom. The van der Waals surface area contributed by atoms with E-state index in [1.165, 1.54) is 19.1 Å². The average molecular weight is 221 g/mol. The molecule has 0 unspecified atom stereocenters. The zero-order chi connectivity index (χ0) is 11.5. The summed E-state index contributed by atoms with van der Waals surface area (Å²) in [5, 5.41) is 0. The zero-order valence-corrected chi connectivity index (χ0v) is 9.34. The molecule has 0 fully saturated rings. The van der Waals surface area contributed by atoms with Crippen LogP contribution in [0.2, 0.25) is 0 Å². The number of methoxy groups -OCH3 is 1. The van der Waals surface area contributed by atoms with Gasteiger partial charge in [-0.1, -0.05) is 0 Å². The van der Waals surface area contributed by atoms with Crippen LogP contribution in [0.15, 0.2) is 6.07 Å². The third kappa shape index (κ3) is 2.15. The minimum Gasteiger partial charge on any atom is -0.469 e. The maximum absolute atomic E-state index is 11.7. The second-order valence-corrected chi connectivity index (χ2v) is 4.07. The number of nitrogens with one attached hydrogen (secondary N) is 1. The molecular weight excluding hydrogens is 206 g/mol. The number of hydrogen-bond donors (Lipinski definition) is 1. The standard InChI is InChI=1S/C12H15NO3/c1-16-12(15)7-11(14)10-6-8-4-2-3-5-9(8)13-10/h6,13H,2-5,7H2,1H3. The summed E-state index contributed by atoms with van der Waals surface area (Å²) >= 11 is 0. The van der Waals surface area contributed by atoms with Crippen molar-refractivity contribution in [1.29, 1.82) is 0 Å². The van der Waals surface area contributed by atoms with E-state index in [-0.39, 0.29) is 12.2 Å². The molecule has 1 aromatic rings. The van der Waals surface area contributed by atoms with Gasteiger partial charge in [0.05, 0.1) is 12.8 Å². The van der Waals surface area contributed by atoms with Gasteiger partial charge in [0, 0.05) is 5.69 Å². The molecule has 86 valence electrons. The lowest BCUT2D eigenvalue weighted by Gasteiger charge is -2.08. The van der Waals surface area contributed by atoms with Gasteiger partial charge in [-0.25, -0.2) is 0 Å². The maximum Gasteiger partial charge on any atom is 0.313 e.